The first-order valence-electron chi connectivity index (χ1n) is 13.4. The van der Waals surface area contributed by atoms with Crippen LogP contribution in [0.15, 0.2) is 12.1 Å². The minimum absolute atomic E-state index is 0.138. The highest BCUT2D eigenvalue weighted by Crippen LogP contribution is 2.42. The van der Waals surface area contributed by atoms with Crippen LogP contribution < -0.4 is 9.47 Å². The van der Waals surface area contributed by atoms with Crippen molar-refractivity contribution < 1.29 is 23.0 Å². The van der Waals surface area contributed by atoms with E-state index in [1.165, 1.54) is 63.5 Å². The van der Waals surface area contributed by atoms with Gasteiger partial charge in [0.25, 0.3) is 0 Å². The monoisotopic (exact) mass is 464 g/mol. The summed E-state index contributed by atoms with van der Waals surface area (Å²) in [6, 6.07) is 2.63. The molecule has 186 valence electrons. The molecule has 0 N–H and O–H groups in total. The van der Waals surface area contributed by atoms with Crippen molar-refractivity contribution in [2.24, 2.45) is 23.7 Å². The van der Waals surface area contributed by atoms with E-state index < -0.39 is 17.6 Å². The van der Waals surface area contributed by atoms with Crippen molar-refractivity contribution in [1.82, 2.24) is 0 Å². The van der Waals surface area contributed by atoms with Crippen LogP contribution in [0.2, 0.25) is 0 Å². The Morgan fingerprint density at radius 1 is 0.818 bits per heavy atom. The summed E-state index contributed by atoms with van der Waals surface area (Å²) in [5.41, 5.74) is 0. The van der Waals surface area contributed by atoms with Crippen molar-refractivity contribution in [2.45, 2.75) is 104 Å². The van der Waals surface area contributed by atoms with Crippen LogP contribution in [0.4, 0.5) is 8.78 Å². The Hall–Kier alpha value is -1.65. The third-order valence-corrected chi connectivity index (χ3v) is 7.86. The van der Waals surface area contributed by atoms with E-state index in [4.69, 9.17) is 9.47 Å². The Labute approximate surface area is 198 Å². The molecule has 0 radical (unpaired) electrons. The van der Waals surface area contributed by atoms with Crippen LogP contribution in [0, 0.1) is 35.3 Å². The predicted octanol–water partition coefficient (Wildman–Crippen LogP) is 8.24. The lowest BCUT2D eigenvalue weighted by atomic mass is 9.68. The lowest BCUT2D eigenvalue weighted by Crippen LogP contribution is -2.30. The van der Waals surface area contributed by atoms with Gasteiger partial charge in [-0.25, -0.2) is 0 Å². The van der Waals surface area contributed by atoms with E-state index in [1.807, 2.05) is 6.92 Å². The van der Waals surface area contributed by atoms with Crippen molar-refractivity contribution in [2.75, 3.05) is 6.61 Å². The summed E-state index contributed by atoms with van der Waals surface area (Å²) in [6.07, 6.45) is 16.1. The molecule has 3 rings (SSSR count). The SMILES string of the molecule is CCCCCC1CCC(C2CCC(C(=O)Oc3ccc(OCCCC)c(F)c3F)CC2)CC1. The van der Waals surface area contributed by atoms with E-state index in [-0.39, 0.29) is 17.4 Å². The fourth-order valence-corrected chi connectivity index (χ4v) is 5.68. The second-order valence-electron chi connectivity index (χ2n) is 10.2. The quantitative estimate of drug-likeness (QED) is 0.188. The van der Waals surface area contributed by atoms with Gasteiger partial charge < -0.3 is 9.47 Å². The Kier molecular flexibility index (Phi) is 10.5. The van der Waals surface area contributed by atoms with Gasteiger partial charge >= 0.3 is 5.97 Å². The van der Waals surface area contributed by atoms with E-state index in [0.717, 1.165) is 50.4 Å². The van der Waals surface area contributed by atoms with Gasteiger partial charge in [0.1, 0.15) is 0 Å². The number of unbranched alkanes of at least 4 members (excludes halogenated alkanes) is 3. The molecule has 5 heteroatoms. The summed E-state index contributed by atoms with van der Waals surface area (Å²) >= 11 is 0. The lowest BCUT2D eigenvalue weighted by molar-refractivity contribution is -0.140. The molecule has 0 aliphatic heterocycles. The smallest absolute Gasteiger partial charge is 0.314 e. The highest BCUT2D eigenvalue weighted by atomic mass is 19.2. The van der Waals surface area contributed by atoms with Gasteiger partial charge in [-0.15, -0.1) is 0 Å². The number of esters is 1. The van der Waals surface area contributed by atoms with Crippen LogP contribution in [0.3, 0.4) is 0 Å². The fourth-order valence-electron chi connectivity index (χ4n) is 5.68. The standard InChI is InChI=1S/C28H42F2O3/c1-3-5-7-8-20-9-11-21(12-10-20)22-13-15-23(16-14-22)28(31)33-25-18-17-24(26(29)27(25)30)32-19-6-4-2/h17-18,20-23H,3-16,19H2,1-2H3. The Morgan fingerprint density at radius 3 is 2.03 bits per heavy atom. The summed E-state index contributed by atoms with van der Waals surface area (Å²) in [5.74, 6) is -0.994. The van der Waals surface area contributed by atoms with E-state index in [9.17, 15) is 13.6 Å². The molecule has 1 aromatic carbocycles. The second-order valence-corrected chi connectivity index (χ2v) is 10.2. The van der Waals surface area contributed by atoms with E-state index >= 15 is 0 Å². The van der Waals surface area contributed by atoms with E-state index in [0.29, 0.717) is 12.5 Å². The average molecular weight is 465 g/mol. The molecule has 2 aliphatic carbocycles. The molecular formula is C28H42F2O3. The first kappa shape index (κ1) is 26.0. The van der Waals surface area contributed by atoms with E-state index in [2.05, 4.69) is 6.92 Å². The molecule has 2 aliphatic rings. The van der Waals surface area contributed by atoms with Crippen molar-refractivity contribution in [3.05, 3.63) is 23.8 Å². The van der Waals surface area contributed by atoms with Gasteiger partial charge in [-0.05, 0) is 74.8 Å². The highest BCUT2D eigenvalue weighted by Gasteiger charge is 2.34. The van der Waals surface area contributed by atoms with Crippen LogP contribution in [0.1, 0.15) is 104 Å². The van der Waals surface area contributed by atoms with Crippen molar-refractivity contribution in [3.63, 3.8) is 0 Å². The lowest BCUT2D eigenvalue weighted by Gasteiger charge is -2.37. The zero-order valence-corrected chi connectivity index (χ0v) is 20.6. The van der Waals surface area contributed by atoms with Crippen LogP contribution in [-0.4, -0.2) is 12.6 Å². The molecule has 0 bridgehead atoms. The minimum Gasteiger partial charge on any atom is -0.490 e. The molecule has 3 nitrogen and oxygen atoms in total. The third kappa shape index (κ3) is 7.42. The van der Waals surface area contributed by atoms with Crippen LogP contribution in [-0.2, 0) is 4.79 Å². The Morgan fingerprint density at radius 2 is 1.39 bits per heavy atom. The molecule has 0 atom stereocenters. The van der Waals surface area contributed by atoms with E-state index in [1.54, 1.807) is 0 Å². The summed E-state index contributed by atoms with van der Waals surface area (Å²) in [7, 11) is 0. The fraction of sp³-hybridized carbons (Fsp3) is 0.750. The molecule has 1 aromatic rings. The third-order valence-electron chi connectivity index (χ3n) is 7.86. The molecule has 33 heavy (non-hydrogen) atoms. The molecule has 0 spiro atoms. The van der Waals surface area contributed by atoms with Gasteiger partial charge in [0.05, 0.1) is 12.5 Å². The maximum atomic E-state index is 14.4. The largest absolute Gasteiger partial charge is 0.490 e. The number of benzene rings is 1. The van der Waals surface area contributed by atoms with Crippen LogP contribution in [0.25, 0.3) is 0 Å². The molecule has 2 saturated carbocycles. The summed E-state index contributed by atoms with van der Waals surface area (Å²) < 4.78 is 39.2. The minimum atomic E-state index is -1.15. The Bertz CT molecular complexity index is 735. The van der Waals surface area contributed by atoms with Crippen molar-refractivity contribution >= 4 is 5.97 Å². The van der Waals surface area contributed by atoms with Gasteiger partial charge in [0.2, 0.25) is 11.6 Å². The molecule has 0 unspecified atom stereocenters. The second kappa shape index (κ2) is 13.3. The number of carbonyl (C=O) groups excluding carboxylic acids is 1. The number of carbonyl (C=O) groups is 1. The first-order chi connectivity index (χ1) is 16.0. The first-order valence-corrected chi connectivity index (χ1v) is 13.4. The summed E-state index contributed by atoms with van der Waals surface area (Å²) in [4.78, 5) is 12.6. The number of rotatable bonds is 11. The average Bonchev–Trinajstić information content (AvgIpc) is 2.84. The molecule has 0 aromatic heterocycles. The maximum absolute atomic E-state index is 14.4. The number of hydrogen-bond donors (Lipinski definition) is 0. The van der Waals surface area contributed by atoms with Crippen LogP contribution in [0.5, 0.6) is 11.5 Å². The molecule has 0 amide bonds. The maximum Gasteiger partial charge on any atom is 0.314 e. The zero-order valence-electron chi connectivity index (χ0n) is 20.6. The molecular weight excluding hydrogens is 422 g/mol. The van der Waals surface area contributed by atoms with Gasteiger partial charge in [0.15, 0.2) is 11.5 Å². The topological polar surface area (TPSA) is 35.5 Å². The molecule has 0 heterocycles. The van der Waals surface area contributed by atoms with Gasteiger partial charge in [-0.1, -0.05) is 58.8 Å². The van der Waals surface area contributed by atoms with Gasteiger partial charge in [-0.3, -0.25) is 4.79 Å². The van der Waals surface area contributed by atoms with Crippen LogP contribution >= 0.6 is 0 Å². The van der Waals surface area contributed by atoms with Crippen molar-refractivity contribution in [3.8, 4) is 11.5 Å². The highest BCUT2D eigenvalue weighted by molar-refractivity contribution is 5.75. The summed E-state index contributed by atoms with van der Waals surface area (Å²) in [5, 5.41) is 0. The molecule has 2 fully saturated rings. The number of hydrogen-bond acceptors (Lipinski definition) is 3. The Balaban J connectivity index is 1.43. The van der Waals surface area contributed by atoms with Crippen molar-refractivity contribution in [1.29, 1.82) is 0 Å². The normalized spacial score (nSPS) is 25.6. The van der Waals surface area contributed by atoms with Gasteiger partial charge in [-0.2, -0.15) is 8.78 Å². The summed E-state index contributed by atoms with van der Waals surface area (Å²) in [6.45, 7) is 4.59. The number of halogens is 2. The predicted molar refractivity (Wildman–Crippen MR) is 127 cm³/mol. The zero-order chi connectivity index (χ0) is 23.6. The molecule has 0 saturated heterocycles. The number of ether oxygens (including phenoxy) is 2. The van der Waals surface area contributed by atoms with Gasteiger partial charge in [0, 0.05) is 0 Å².